The molecule has 1 aromatic rings. The summed E-state index contributed by atoms with van der Waals surface area (Å²) in [5, 5.41) is 9.06. The van der Waals surface area contributed by atoms with E-state index >= 15 is 0 Å². The van der Waals surface area contributed by atoms with Gasteiger partial charge < -0.3 is 9.84 Å². The van der Waals surface area contributed by atoms with Gasteiger partial charge in [-0.2, -0.15) is 13.2 Å². The standard InChI is InChI=1S/C17H25F3O2/c1-15(2,3)11-7-12(16(4,5)6)9-13(8-11)22-10-14(21)17(18,19)20/h7-9,14,21H,10H2,1-6H3. The Balaban J connectivity index is 3.09. The van der Waals surface area contributed by atoms with Crippen molar-refractivity contribution in [2.24, 2.45) is 0 Å². The van der Waals surface area contributed by atoms with Gasteiger partial charge in [0, 0.05) is 0 Å². The minimum atomic E-state index is -4.67. The first-order valence-electron chi connectivity index (χ1n) is 7.25. The average molecular weight is 318 g/mol. The highest BCUT2D eigenvalue weighted by atomic mass is 19.4. The van der Waals surface area contributed by atoms with Gasteiger partial charge in [-0.25, -0.2) is 0 Å². The first-order valence-corrected chi connectivity index (χ1v) is 7.25. The van der Waals surface area contributed by atoms with Gasteiger partial charge in [-0.05, 0) is 34.1 Å². The maximum Gasteiger partial charge on any atom is 0.417 e. The largest absolute Gasteiger partial charge is 0.491 e. The van der Waals surface area contributed by atoms with Gasteiger partial charge in [-0.1, -0.05) is 47.6 Å². The van der Waals surface area contributed by atoms with Gasteiger partial charge in [0.25, 0.3) is 0 Å². The molecule has 0 heterocycles. The Labute approximate surface area is 130 Å². The van der Waals surface area contributed by atoms with Crippen LogP contribution in [0.15, 0.2) is 18.2 Å². The van der Waals surface area contributed by atoms with Gasteiger partial charge in [0.15, 0.2) is 6.10 Å². The number of hydrogen-bond acceptors (Lipinski definition) is 2. The van der Waals surface area contributed by atoms with Gasteiger partial charge >= 0.3 is 6.18 Å². The van der Waals surface area contributed by atoms with Crippen LogP contribution in [-0.4, -0.2) is 24.0 Å². The Kier molecular flexibility index (Phi) is 5.22. The predicted molar refractivity (Wildman–Crippen MR) is 81.4 cm³/mol. The van der Waals surface area contributed by atoms with Crippen molar-refractivity contribution in [1.82, 2.24) is 0 Å². The molecule has 126 valence electrons. The molecule has 0 aliphatic rings. The molecule has 0 spiro atoms. The molecular formula is C17H25F3O2. The van der Waals surface area contributed by atoms with Crippen molar-refractivity contribution in [1.29, 1.82) is 0 Å². The van der Waals surface area contributed by atoms with Crippen molar-refractivity contribution in [2.75, 3.05) is 6.61 Å². The third kappa shape index (κ3) is 5.20. The molecule has 22 heavy (non-hydrogen) atoms. The van der Waals surface area contributed by atoms with E-state index < -0.39 is 18.9 Å². The second kappa shape index (κ2) is 6.11. The number of aliphatic hydroxyl groups is 1. The van der Waals surface area contributed by atoms with Crippen LogP contribution in [0.25, 0.3) is 0 Å². The van der Waals surface area contributed by atoms with Gasteiger partial charge in [0.05, 0.1) is 0 Å². The molecule has 2 nitrogen and oxygen atoms in total. The van der Waals surface area contributed by atoms with E-state index in [-0.39, 0.29) is 10.8 Å². The molecule has 0 aromatic heterocycles. The summed E-state index contributed by atoms with van der Waals surface area (Å²) in [5.74, 6) is 0.348. The zero-order valence-corrected chi connectivity index (χ0v) is 14.0. The lowest BCUT2D eigenvalue weighted by Crippen LogP contribution is -2.34. The summed E-state index contributed by atoms with van der Waals surface area (Å²) in [4.78, 5) is 0. The Morgan fingerprint density at radius 3 is 1.64 bits per heavy atom. The van der Waals surface area contributed by atoms with Gasteiger partial charge in [-0.15, -0.1) is 0 Å². The lowest BCUT2D eigenvalue weighted by molar-refractivity contribution is -0.210. The Hall–Kier alpha value is -1.23. The number of hydrogen-bond donors (Lipinski definition) is 1. The van der Waals surface area contributed by atoms with Crippen LogP contribution < -0.4 is 4.74 Å². The molecule has 1 aromatic carbocycles. The topological polar surface area (TPSA) is 29.5 Å². The van der Waals surface area contributed by atoms with Gasteiger partial charge in [0.1, 0.15) is 12.4 Å². The van der Waals surface area contributed by atoms with Crippen molar-refractivity contribution in [3.05, 3.63) is 29.3 Å². The monoisotopic (exact) mass is 318 g/mol. The smallest absolute Gasteiger partial charge is 0.417 e. The van der Waals surface area contributed by atoms with Crippen LogP contribution in [0.2, 0.25) is 0 Å². The zero-order chi connectivity index (χ0) is 17.3. The van der Waals surface area contributed by atoms with Crippen LogP contribution in [0.5, 0.6) is 5.75 Å². The third-order valence-corrected chi connectivity index (χ3v) is 3.42. The zero-order valence-electron chi connectivity index (χ0n) is 14.0. The summed E-state index contributed by atoms with van der Waals surface area (Å²) in [7, 11) is 0. The first-order chi connectivity index (χ1) is 9.71. The summed E-state index contributed by atoms with van der Waals surface area (Å²) in [6.45, 7) is 11.4. The van der Waals surface area contributed by atoms with Crippen LogP contribution in [0.3, 0.4) is 0 Å². The number of halogens is 3. The maximum absolute atomic E-state index is 12.4. The molecule has 0 aliphatic heterocycles. The number of alkyl halides is 3. The molecule has 1 unspecified atom stereocenters. The number of aliphatic hydroxyl groups excluding tert-OH is 1. The number of benzene rings is 1. The van der Waals surface area contributed by atoms with Crippen LogP contribution in [0.1, 0.15) is 52.7 Å². The quantitative estimate of drug-likeness (QED) is 0.883. The number of ether oxygens (including phenoxy) is 1. The summed E-state index contributed by atoms with van der Waals surface area (Å²) in [6.07, 6.45) is -7.15. The molecule has 1 rings (SSSR count). The summed E-state index contributed by atoms with van der Waals surface area (Å²) < 4.78 is 42.3. The molecule has 0 bridgehead atoms. The van der Waals surface area contributed by atoms with Crippen molar-refractivity contribution >= 4 is 0 Å². The molecule has 0 saturated carbocycles. The SMILES string of the molecule is CC(C)(C)c1cc(OCC(O)C(F)(F)F)cc(C(C)(C)C)c1. The number of rotatable bonds is 3. The van der Waals surface area contributed by atoms with Crippen LogP contribution in [-0.2, 0) is 10.8 Å². The van der Waals surface area contributed by atoms with Crippen molar-refractivity contribution in [3.8, 4) is 5.75 Å². The van der Waals surface area contributed by atoms with Gasteiger partial charge in [-0.3, -0.25) is 0 Å². The molecule has 0 amide bonds. The van der Waals surface area contributed by atoms with Crippen LogP contribution in [0.4, 0.5) is 13.2 Å². The van der Waals surface area contributed by atoms with Crippen molar-refractivity contribution < 1.29 is 23.0 Å². The fourth-order valence-electron chi connectivity index (χ4n) is 1.82. The molecule has 0 saturated heterocycles. The molecule has 5 heteroatoms. The van der Waals surface area contributed by atoms with Gasteiger partial charge in [0.2, 0.25) is 0 Å². The molecule has 0 radical (unpaired) electrons. The second-order valence-corrected chi connectivity index (χ2v) is 7.61. The van der Waals surface area contributed by atoms with E-state index in [0.29, 0.717) is 5.75 Å². The third-order valence-electron chi connectivity index (χ3n) is 3.42. The Bertz CT molecular complexity index is 476. The lowest BCUT2D eigenvalue weighted by atomic mass is 9.80. The van der Waals surface area contributed by atoms with E-state index in [2.05, 4.69) is 0 Å². The maximum atomic E-state index is 12.4. The molecule has 1 N–H and O–H groups in total. The Morgan fingerprint density at radius 2 is 1.32 bits per heavy atom. The molecule has 0 aliphatic carbocycles. The fourth-order valence-corrected chi connectivity index (χ4v) is 1.82. The van der Waals surface area contributed by atoms with Crippen molar-refractivity contribution in [3.63, 3.8) is 0 Å². The first kappa shape index (κ1) is 18.8. The van der Waals surface area contributed by atoms with E-state index in [1.54, 1.807) is 12.1 Å². The second-order valence-electron chi connectivity index (χ2n) is 7.61. The van der Waals surface area contributed by atoms with E-state index in [4.69, 9.17) is 9.84 Å². The summed E-state index contributed by atoms with van der Waals surface area (Å²) >= 11 is 0. The highest BCUT2D eigenvalue weighted by Crippen LogP contribution is 2.33. The summed E-state index contributed by atoms with van der Waals surface area (Å²) in [6, 6.07) is 5.52. The highest BCUT2D eigenvalue weighted by Gasteiger charge is 2.38. The van der Waals surface area contributed by atoms with Crippen LogP contribution >= 0.6 is 0 Å². The Morgan fingerprint density at radius 1 is 0.909 bits per heavy atom. The van der Waals surface area contributed by atoms with E-state index in [0.717, 1.165) is 11.1 Å². The molecule has 0 fully saturated rings. The van der Waals surface area contributed by atoms with Crippen molar-refractivity contribution in [2.45, 2.75) is 64.7 Å². The van der Waals surface area contributed by atoms with E-state index in [1.165, 1.54) is 0 Å². The minimum Gasteiger partial charge on any atom is -0.491 e. The normalized spacial score (nSPS) is 14.8. The predicted octanol–water partition coefficient (Wildman–Crippen LogP) is 4.58. The fraction of sp³-hybridized carbons (Fsp3) is 0.647. The molecule has 1 atom stereocenters. The van der Waals surface area contributed by atoms with E-state index in [9.17, 15) is 13.2 Å². The lowest BCUT2D eigenvalue weighted by Gasteiger charge is -2.26. The van der Waals surface area contributed by atoms with E-state index in [1.807, 2.05) is 47.6 Å². The average Bonchev–Trinajstić information content (AvgIpc) is 2.32. The molecular weight excluding hydrogens is 293 g/mol. The summed E-state index contributed by atoms with van der Waals surface area (Å²) in [5.41, 5.74) is 1.66. The minimum absolute atomic E-state index is 0.151. The highest BCUT2D eigenvalue weighted by molar-refractivity contribution is 5.40. The van der Waals surface area contributed by atoms with Crippen LogP contribution in [0, 0.1) is 0 Å².